The van der Waals surface area contributed by atoms with Gasteiger partial charge in [-0.2, -0.15) is 0 Å². The van der Waals surface area contributed by atoms with Crippen molar-refractivity contribution in [3.05, 3.63) is 29.8 Å². The molecule has 0 saturated heterocycles. The lowest BCUT2D eigenvalue weighted by atomic mass is 9.89. The second kappa shape index (κ2) is 12.1. The van der Waals surface area contributed by atoms with Crippen LogP contribution in [-0.4, -0.2) is 17.7 Å². The normalized spacial score (nSPS) is 12.2. The van der Waals surface area contributed by atoms with E-state index in [-0.39, 0.29) is 6.61 Å². The van der Waals surface area contributed by atoms with E-state index in [0.717, 1.165) is 5.75 Å². The van der Waals surface area contributed by atoms with Gasteiger partial charge in [0.1, 0.15) is 12.4 Å². The highest BCUT2D eigenvalue weighted by molar-refractivity contribution is 5.74. The SMILES string of the molecule is CC.CC.CCC(C)(COc1ccc(C(C)C)cc1)C(=O)O. The van der Waals surface area contributed by atoms with Gasteiger partial charge in [-0.1, -0.05) is 60.6 Å². The summed E-state index contributed by atoms with van der Waals surface area (Å²) in [5.41, 5.74) is 0.426. The molecular formula is C19H34O3. The first kappa shape index (κ1) is 22.8. The van der Waals surface area contributed by atoms with Crippen LogP contribution < -0.4 is 4.74 Å². The number of carboxylic acid groups (broad SMARTS) is 1. The van der Waals surface area contributed by atoms with Gasteiger partial charge < -0.3 is 9.84 Å². The summed E-state index contributed by atoms with van der Waals surface area (Å²) < 4.78 is 5.58. The largest absolute Gasteiger partial charge is 0.492 e. The number of rotatable bonds is 6. The van der Waals surface area contributed by atoms with Crippen molar-refractivity contribution in [3.8, 4) is 5.75 Å². The molecule has 128 valence electrons. The Morgan fingerprint density at radius 3 is 1.91 bits per heavy atom. The van der Waals surface area contributed by atoms with Gasteiger partial charge in [-0.15, -0.1) is 0 Å². The molecule has 0 aliphatic rings. The first-order chi connectivity index (χ1) is 10.4. The van der Waals surface area contributed by atoms with Gasteiger partial charge in [-0.05, 0) is 37.0 Å². The maximum absolute atomic E-state index is 11.1. The topological polar surface area (TPSA) is 46.5 Å². The van der Waals surface area contributed by atoms with Gasteiger partial charge in [0, 0.05) is 0 Å². The third-order valence-electron chi connectivity index (χ3n) is 3.40. The average molecular weight is 310 g/mol. The molecule has 0 radical (unpaired) electrons. The van der Waals surface area contributed by atoms with Crippen LogP contribution in [0.25, 0.3) is 0 Å². The first-order valence-electron chi connectivity index (χ1n) is 8.35. The summed E-state index contributed by atoms with van der Waals surface area (Å²) >= 11 is 0. The lowest BCUT2D eigenvalue weighted by molar-refractivity contribution is -0.149. The van der Waals surface area contributed by atoms with Crippen LogP contribution >= 0.6 is 0 Å². The molecular weight excluding hydrogens is 276 g/mol. The zero-order chi connectivity index (χ0) is 17.8. The highest BCUT2D eigenvalue weighted by Crippen LogP contribution is 2.24. The second-order valence-corrected chi connectivity index (χ2v) is 5.23. The van der Waals surface area contributed by atoms with Crippen LogP contribution in [0, 0.1) is 5.41 Å². The number of aliphatic carboxylic acids is 1. The van der Waals surface area contributed by atoms with Gasteiger partial charge in [-0.3, -0.25) is 4.79 Å². The Balaban J connectivity index is 0. The molecule has 0 amide bonds. The predicted molar refractivity (Wildman–Crippen MR) is 94.8 cm³/mol. The molecule has 1 aromatic rings. The molecule has 3 nitrogen and oxygen atoms in total. The number of hydrogen-bond acceptors (Lipinski definition) is 2. The summed E-state index contributed by atoms with van der Waals surface area (Å²) in [7, 11) is 0. The summed E-state index contributed by atoms with van der Waals surface area (Å²) in [6, 6.07) is 7.83. The Bertz CT molecular complexity index is 396. The van der Waals surface area contributed by atoms with E-state index in [1.807, 2.05) is 58.9 Å². The van der Waals surface area contributed by atoms with E-state index in [9.17, 15) is 4.79 Å². The molecule has 1 rings (SSSR count). The van der Waals surface area contributed by atoms with Crippen molar-refractivity contribution in [1.82, 2.24) is 0 Å². The number of benzene rings is 1. The number of carbonyl (C=O) groups is 1. The molecule has 0 spiro atoms. The quantitative estimate of drug-likeness (QED) is 0.728. The minimum Gasteiger partial charge on any atom is -0.492 e. The van der Waals surface area contributed by atoms with Crippen molar-refractivity contribution in [3.63, 3.8) is 0 Å². The number of ether oxygens (including phenoxy) is 1. The standard InChI is InChI=1S/C15H22O3.2C2H6/c1-5-15(4,14(16)17)10-18-13-8-6-12(7-9-13)11(2)3;2*1-2/h6-9,11H,5,10H2,1-4H3,(H,16,17);2*1-2H3. The second-order valence-electron chi connectivity index (χ2n) is 5.23. The molecule has 22 heavy (non-hydrogen) atoms. The fourth-order valence-electron chi connectivity index (χ4n) is 1.51. The molecule has 3 heteroatoms. The Morgan fingerprint density at radius 1 is 1.14 bits per heavy atom. The molecule has 0 aromatic heterocycles. The molecule has 0 heterocycles. The van der Waals surface area contributed by atoms with E-state index < -0.39 is 11.4 Å². The Kier molecular flexibility index (Phi) is 12.5. The first-order valence-corrected chi connectivity index (χ1v) is 8.35. The molecule has 0 aliphatic carbocycles. The maximum Gasteiger partial charge on any atom is 0.312 e. The van der Waals surface area contributed by atoms with Gasteiger partial charge in [0.2, 0.25) is 0 Å². The van der Waals surface area contributed by atoms with Crippen LogP contribution in [0.1, 0.15) is 73.3 Å². The summed E-state index contributed by atoms with van der Waals surface area (Å²) in [6.07, 6.45) is 0.548. The molecule has 0 saturated carbocycles. The summed E-state index contributed by atoms with van der Waals surface area (Å²) in [5, 5.41) is 9.15. The van der Waals surface area contributed by atoms with E-state index in [1.165, 1.54) is 5.56 Å². The summed E-state index contributed by atoms with van der Waals surface area (Å²) in [4.78, 5) is 11.1. The summed E-state index contributed by atoms with van der Waals surface area (Å²) in [6.45, 7) is 16.0. The van der Waals surface area contributed by atoms with Crippen molar-refractivity contribution in [1.29, 1.82) is 0 Å². The van der Waals surface area contributed by atoms with Crippen LogP contribution in [0.3, 0.4) is 0 Å². The lowest BCUT2D eigenvalue weighted by Gasteiger charge is -2.23. The van der Waals surface area contributed by atoms with Crippen molar-refractivity contribution >= 4 is 5.97 Å². The molecule has 1 unspecified atom stereocenters. The van der Waals surface area contributed by atoms with E-state index in [4.69, 9.17) is 9.84 Å². The minimum atomic E-state index is -0.823. The van der Waals surface area contributed by atoms with Gasteiger partial charge in [0.05, 0.1) is 5.41 Å². The third-order valence-corrected chi connectivity index (χ3v) is 3.40. The third kappa shape index (κ3) is 7.48. The molecule has 0 bridgehead atoms. The average Bonchev–Trinajstić information content (AvgIpc) is 2.56. The molecule has 0 fully saturated rings. The van der Waals surface area contributed by atoms with Gasteiger partial charge >= 0.3 is 5.97 Å². The van der Waals surface area contributed by atoms with E-state index in [0.29, 0.717) is 12.3 Å². The Morgan fingerprint density at radius 2 is 1.59 bits per heavy atom. The van der Waals surface area contributed by atoms with E-state index >= 15 is 0 Å². The van der Waals surface area contributed by atoms with Crippen LogP contribution in [0.5, 0.6) is 5.75 Å². The zero-order valence-electron chi connectivity index (χ0n) is 15.6. The monoisotopic (exact) mass is 310 g/mol. The number of carboxylic acids is 1. The van der Waals surface area contributed by atoms with Crippen LogP contribution in [-0.2, 0) is 4.79 Å². The minimum absolute atomic E-state index is 0.194. The zero-order valence-corrected chi connectivity index (χ0v) is 15.6. The van der Waals surface area contributed by atoms with Crippen molar-refractivity contribution in [2.24, 2.45) is 5.41 Å². The smallest absolute Gasteiger partial charge is 0.312 e. The predicted octanol–water partition coefficient (Wildman–Crippen LogP) is 5.74. The molecule has 1 aromatic carbocycles. The van der Waals surface area contributed by atoms with Crippen LogP contribution in [0.2, 0.25) is 0 Å². The highest BCUT2D eigenvalue weighted by atomic mass is 16.5. The lowest BCUT2D eigenvalue weighted by Crippen LogP contribution is -2.33. The van der Waals surface area contributed by atoms with E-state index in [1.54, 1.807) is 6.92 Å². The fraction of sp³-hybridized carbons (Fsp3) is 0.632. The highest BCUT2D eigenvalue weighted by Gasteiger charge is 2.32. The maximum atomic E-state index is 11.1. The van der Waals surface area contributed by atoms with Crippen LogP contribution in [0.15, 0.2) is 24.3 Å². The Labute approximate surface area is 136 Å². The van der Waals surface area contributed by atoms with Crippen LogP contribution in [0.4, 0.5) is 0 Å². The van der Waals surface area contributed by atoms with Gasteiger partial charge in [0.25, 0.3) is 0 Å². The number of hydrogen-bond donors (Lipinski definition) is 1. The van der Waals surface area contributed by atoms with Gasteiger partial charge in [0.15, 0.2) is 0 Å². The van der Waals surface area contributed by atoms with Crippen molar-refractivity contribution in [2.45, 2.75) is 67.7 Å². The summed E-state index contributed by atoms with van der Waals surface area (Å²) in [5.74, 6) is 0.392. The van der Waals surface area contributed by atoms with E-state index in [2.05, 4.69) is 13.8 Å². The molecule has 0 aliphatic heterocycles. The van der Waals surface area contributed by atoms with Gasteiger partial charge in [-0.25, -0.2) is 0 Å². The van der Waals surface area contributed by atoms with Crippen molar-refractivity contribution < 1.29 is 14.6 Å². The van der Waals surface area contributed by atoms with Crippen molar-refractivity contribution in [2.75, 3.05) is 6.61 Å². The molecule has 1 N–H and O–H groups in total. The Hall–Kier alpha value is -1.51. The fourth-order valence-corrected chi connectivity index (χ4v) is 1.51. The molecule has 1 atom stereocenters.